The topological polar surface area (TPSA) is 66.8 Å². The number of halogens is 1. The molecule has 0 aromatic heterocycles. The fourth-order valence-electron chi connectivity index (χ4n) is 3.81. The Labute approximate surface area is 185 Å². The van der Waals surface area contributed by atoms with E-state index < -0.39 is 11.9 Å². The number of carbonyl (C=O) groups excluding carboxylic acids is 3. The molecule has 0 saturated heterocycles. The number of amides is 1. The van der Waals surface area contributed by atoms with Crippen LogP contribution in [0, 0.1) is 5.82 Å². The summed E-state index contributed by atoms with van der Waals surface area (Å²) in [5.74, 6) is -1.51. The van der Waals surface area contributed by atoms with E-state index in [0.29, 0.717) is 5.56 Å². The summed E-state index contributed by atoms with van der Waals surface area (Å²) >= 11 is 0. The maximum absolute atomic E-state index is 13.5. The van der Waals surface area contributed by atoms with Crippen molar-refractivity contribution in [2.24, 2.45) is 4.99 Å². The van der Waals surface area contributed by atoms with Crippen molar-refractivity contribution in [1.29, 1.82) is 0 Å². The third kappa shape index (κ3) is 4.25. The quantitative estimate of drug-likeness (QED) is 0.610. The van der Waals surface area contributed by atoms with Gasteiger partial charge in [-0.3, -0.25) is 19.4 Å². The third-order valence-electron chi connectivity index (χ3n) is 5.43. The molecule has 0 aliphatic heterocycles. The van der Waals surface area contributed by atoms with E-state index in [0.717, 1.165) is 5.56 Å². The largest absolute Gasteiger partial charge is 0.322 e. The lowest BCUT2D eigenvalue weighted by molar-refractivity contribution is -0.129. The van der Waals surface area contributed by atoms with Crippen LogP contribution in [0.4, 0.5) is 4.39 Å². The molecule has 0 radical (unpaired) electrons. The van der Waals surface area contributed by atoms with Crippen LogP contribution in [-0.2, 0) is 17.9 Å². The lowest BCUT2D eigenvalue weighted by Crippen LogP contribution is -2.54. The summed E-state index contributed by atoms with van der Waals surface area (Å²) in [7, 11) is 0. The normalized spacial score (nSPS) is 16.7. The molecule has 1 atom stereocenters. The highest BCUT2D eigenvalue weighted by atomic mass is 19.1. The average Bonchev–Trinajstić information content (AvgIpc) is 2.81. The molecule has 0 N–H and O–H groups in total. The molecule has 3 aromatic carbocycles. The first-order valence-corrected chi connectivity index (χ1v) is 10.2. The van der Waals surface area contributed by atoms with Gasteiger partial charge in [-0.25, -0.2) is 4.39 Å². The predicted octanol–water partition coefficient (Wildman–Crippen LogP) is 4.26. The highest BCUT2D eigenvalue weighted by Gasteiger charge is 2.42. The van der Waals surface area contributed by atoms with Gasteiger partial charge in [-0.05, 0) is 23.3 Å². The van der Waals surface area contributed by atoms with E-state index in [1.165, 1.54) is 24.0 Å². The minimum Gasteiger partial charge on any atom is -0.322 e. The summed E-state index contributed by atoms with van der Waals surface area (Å²) < 4.78 is 13.3. The molecule has 0 fully saturated rings. The zero-order chi connectivity index (χ0) is 22.7. The highest BCUT2D eigenvalue weighted by molar-refractivity contribution is 6.55. The molecule has 0 unspecified atom stereocenters. The summed E-state index contributed by atoms with van der Waals surface area (Å²) in [6.07, 6.45) is 0. The number of fused-ring (bicyclic) bond motifs is 1. The number of rotatable bonds is 5. The molecule has 3 aromatic rings. The zero-order valence-corrected chi connectivity index (χ0v) is 17.5. The molecule has 0 heterocycles. The van der Waals surface area contributed by atoms with Crippen LogP contribution in [-0.4, -0.2) is 34.1 Å². The number of aliphatic imine (C=N–C) groups is 1. The van der Waals surface area contributed by atoms with E-state index >= 15 is 0 Å². The van der Waals surface area contributed by atoms with Crippen LogP contribution in [0.15, 0.2) is 83.9 Å². The monoisotopic (exact) mass is 428 g/mol. The van der Waals surface area contributed by atoms with Gasteiger partial charge < -0.3 is 4.90 Å². The molecule has 32 heavy (non-hydrogen) atoms. The van der Waals surface area contributed by atoms with Crippen LogP contribution in [0.25, 0.3) is 0 Å². The number of nitrogens with zero attached hydrogens (tertiary/aromatic N) is 2. The van der Waals surface area contributed by atoms with Crippen molar-refractivity contribution in [3.05, 3.63) is 107 Å². The number of carbonyl (C=O) groups is 3. The van der Waals surface area contributed by atoms with Gasteiger partial charge in [-0.15, -0.1) is 0 Å². The van der Waals surface area contributed by atoms with Crippen molar-refractivity contribution in [2.75, 3.05) is 0 Å². The lowest BCUT2D eigenvalue weighted by atomic mass is 9.83. The second-order valence-electron chi connectivity index (χ2n) is 7.60. The second kappa shape index (κ2) is 9.06. The Morgan fingerprint density at radius 3 is 2.16 bits per heavy atom. The maximum Gasteiger partial charge on any atom is 0.220 e. The Hall–Kier alpha value is -3.93. The molecule has 0 bridgehead atoms. The van der Waals surface area contributed by atoms with Crippen molar-refractivity contribution < 1.29 is 18.8 Å². The Kier molecular flexibility index (Phi) is 6.03. The Morgan fingerprint density at radius 2 is 1.50 bits per heavy atom. The van der Waals surface area contributed by atoms with Gasteiger partial charge in [-0.1, -0.05) is 66.7 Å². The smallest absolute Gasteiger partial charge is 0.220 e. The van der Waals surface area contributed by atoms with Crippen molar-refractivity contribution >= 4 is 23.2 Å². The number of ketones is 2. The van der Waals surface area contributed by atoms with Gasteiger partial charge in [0.15, 0.2) is 5.78 Å². The van der Waals surface area contributed by atoms with Crippen LogP contribution in [0.3, 0.4) is 0 Å². The van der Waals surface area contributed by atoms with E-state index in [2.05, 4.69) is 4.99 Å². The second-order valence-corrected chi connectivity index (χ2v) is 7.60. The highest BCUT2D eigenvalue weighted by Crippen LogP contribution is 2.25. The summed E-state index contributed by atoms with van der Waals surface area (Å²) in [5, 5.41) is 0. The number of hydrogen-bond donors (Lipinski definition) is 0. The Balaban J connectivity index is 1.78. The Morgan fingerprint density at radius 1 is 0.875 bits per heavy atom. The lowest BCUT2D eigenvalue weighted by Gasteiger charge is -2.33. The average molecular weight is 428 g/mol. The molecule has 4 rings (SSSR count). The van der Waals surface area contributed by atoms with Gasteiger partial charge in [0.2, 0.25) is 11.7 Å². The Bertz CT molecular complexity index is 1200. The summed E-state index contributed by atoms with van der Waals surface area (Å²) in [6.45, 7) is 1.60. The SMILES string of the molecule is CC(=O)N(Cc1ccc(F)cc1)[C@H]1C(=O)c2ccccc2C(=O)C1=NCc1ccccc1. The molecule has 1 aliphatic rings. The van der Waals surface area contributed by atoms with Crippen LogP contribution in [0.1, 0.15) is 38.8 Å². The maximum atomic E-state index is 13.5. The summed E-state index contributed by atoms with van der Waals surface area (Å²) in [5.41, 5.74) is 2.11. The van der Waals surface area contributed by atoms with Gasteiger partial charge in [0, 0.05) is 24.6 Å². The molecule has 5 nitrogen and oxygen atoms in total. The van der Waals surface area contributed by atoms with Gasteiger partial charge in [-0.2, -0.15) is 0 Å². The predicted molar refractivity (Wildman–Crippen MR) is 119 cm³/mol. The number of benzene rings is 3. The molecule has 1 amide bonds. The third-order valence-corrected chi connectivity index (χ3v) is 5.43. The van der Waals surface area contributed by atoms with Crippen molar-refractivity contribution in [3.8, 4) is 0 Å². The van der Waals surface area contributed by atoms with E-state index in [1.807, 2.05) is 30.3 Å². The number of hydrogen-bond acceptors (Lipinski definition) is 4. The van der Waals surface area contributed by atoms with Crippen LogP contribution in [0.2, 0.25) is 0 Å². The fraction of sp³-hybridized carbons (Fsp3) is 0.154. The number of Topliss-reactive ketones (excluding diaryl/α,β-unsaturated/α-hetero) is 2. The van der Waals surface area contributed by atoms with Gasteiger partial charge >= 0.3 is 0 Å². The molecule has 1 aliphatic carbocycles. The first kappa shape index (κ1) is 21.3. The minimum atomic E-state index is -1.15. The fourth-order valence-corrected chi connectivity index (χ4v) is 3.81. The molecule has 6 heteroatoms. The van der Waals surface area contributed by atoms with Crippen LogP contribution < -0.4 is 0 Å². The zero-order valence-electron chi connectivity index (χ0n) is 17.5. The van der Waals surface area contributed by atoms with Crippen molar-refractivity contribution in [2.45, 2.75) is 26.1 Å². The molecule has 160 valence electrons. The van der Waals surface area contributed by atoms with Gasteiger partial charge in [0.25, 0.3) is 0 Å². The van der Waals surface area contributed by atoms with Crippen LogP contribution >= 0.6 is 0 Å². The van der Waals surface area contributed by atoms with Gasteiger partial charge in [0.05, 0.1) is 6.54 Å². The van der Waals surface area contributed by atoms with E-state index in [4.69, 9.17) is 0 Å². The van der Waals surface area contributed by atoms with E-state index in [9.17, 15) is 18.8 Å². The van der Waals surface area contributed by atoms with Crippen molar-refractivity contribution in [1.82, 2.24) is 4.90 Å². The van der Waals surface area contributed by atoms with E-state index in [-0.39, 0.29) is 47.4 Å². The molecule has 0 spiro atoms. The molecular formula is C26H21FN2O3. The first-order valence-electron chi connectivity index (χ1n) is 10.2. The first-order chi connectivity index (χ1) is 15.5. The van der Waals surface area contributed by atoms with Gasteiger partial charge in [0.1, 0.15) is 17.6 Å². The molecule has 0 saturated carbocycles. The van der Waals surface area contributed by atoms with Crippen molar-refractivity contribution in [3.63, 3.8) is 0 Å². The molecular weight excluding hydrogens is 407 g/mol. The van der Waals surface area contributed by atoms with Crippen LogP contribution in [0.5, 0.6) is 0 Å². The van der Waals surface area contributed by atoms with E-state index in [1.54, 1.807) is 36.4 Å². The minimum absolute atomic E-state index is 0.0369. The summed E-state index contributed by atoms with van der Waals surface area (Å²) in [4.78, 5) is 45.3. The summed E-state index contributed by atoms with van der Waals surface area (Å²) in [6, 6.07) is 20.5. The standard InChI is InChI=1S/C26H21FN2O3/c1-17(30)29(16-19-11-13-20(27)14-12-19)24-23(28-15-18-7-3-2-4-8-18)25(31)21-9-5-6-10-22(21)26(24)32/h2-14,24H,15-16H2,1H3/t24-/m1/s1.